The van der Waals surface area contributed by atoms with Crippen LogP contribution >= 0.6 is 15.9 Å². The highest BCUT2D eigenvalue weighted by molar-refractivity contribution is 9.10. The molecule has 3 nitrogen and oxygen atoms in total. The molecular formula is C14H19BrFNO2. The summed E-state index contributed by atoms with van der Waals surface area (Å²) in [5.41, 5.74) is 1.01. The molecule has 5 heteroatoms. The molecule has 1 rings (SSSR count). The van der Waals surface area contributed by atoms with Gasteiger partial charge >= 0.3 is 5.97 Å². The minimum Gasteiger partial charge on any atom is -0.481 e. The number of benzene rings is 1. The van der Waals surface area contributed by atoms with Gasteiger partial charge in [0.2, 0.25) is 0 Å². The largest absolute Gasteiger partial charge is 0.481 e. The summed E-state index contributed by atoms with van der Waals surface area (Å²) in [6.45, 7) is 5.53. The number of aliphatic carboxylic acids is 1. The summed E-state index contributed by atoms with van der Waals surface area (Å²) >= 11 is 3.36. The van der Waals surface area contributed by atoms with Crippen LogP contribution in [0.1, 0.15) is 32.3 Å². The third kappa shape index (κ3) is 5.70. The molecule has 0 saturated heterocycles. The summed E-state index contributed by atoms with van der Waals surface area (Å²) in [4.78, 5) is 12.7. The first-order chi connectivity index (χ1) is 8.90. The molecule has 0 heterocycles. The summed E-state index contributed by atoms with van der Waals surface area (Å²) in [5.74, 6) is -1.04. The van der Waals surface area contributed by atoms with Gasteiger partial charge in [0.05, 0.1) is 0 Å². The molecule has 19 heavy (non-hydrogen) atoms. The van der Waals surface area contributed by atoms with E-state index in [-0.39, 0.29) is 12.2 Å². The molecule has 0 aromatic heterocycles. The molecule has 1 aromatic rings. The molecule has 0 aliphatic heterocycles. The van der Waals surface area contributed by atoms with Crippen LogP contribution in [0.4, 0.5) is 4.39 Å². The normalized spacial score (nSPS) is 11.3. The van der Waals surface area contributed by atoms with E-state index in [1.807, 2.05) is 0 Å². The molecule has 0 bridgehead atoms. The average Bonchev–Trinajstić information content (AvgIpc) is 2.30. The summed E-state index contributed by atoms with van der Waals surface area (Å²) in [6.07, 6.45) is 0.792. The zero-order valence-corrected chi connectivity index (χ0v) is 12.8. The lowest BCUT2D eigenvalue weighted by molar-refractivity contribution is -0.137. The molecule has 0 aliphatic rings. The molecule has 0 fully saturated rings. The molecule has 0 radical (unpaired) electrons. The zero-order valence-electron chi connectivity index (χ0n) is 11.2. The van der Waals surface area contributed by atoms with Crippen LogP contribution in [0.5, 0.6) is 0 Å². The van der Waals surface area contributed by atoms with E-state index in [0.717, 1.165) is 10.0 Å². The van der Waals surface area contributed by atoms with Crippen molar-refractivity contribution in [2.24, 2.45) is 0 Å². The fourth-order valence-electron chi connectivity index (χ4n) is 1.82. The van der Waals surface area contributed by atoms with E-state index in [1.165, 1.54) is 12.1 Å². The lowest BCUT2D eigenvalue weighted by Crippen LogP contribution is -2.31. The first-order valence-electron chi connectivity index (χ1n) is 6.30. The highest BCUT2D eigenvalue weighted by Gasteiger charge is 2.12. The van der Waals surface area contributed by atoms with E-state index in [9.17, 15) is 9.18 Å². The van der Waals surface area contributed by atoms with Gasteiger partial charge in [0, 0.05) is 23.5 Å². The molecule has 0 saturated carbocycles. The Morgan fingerprint density at radius 3 is 2.68 bits per heavy atom. The number of hydrogen-bond donors (Lipinski definition) is 1. The third-order valence-corrected chi connectivity index (χ3v) is 3.69. The predicted octanol–water partition coefficient (Wildman–Crippen LogP) is 3.66. The summed E-state index contributed by atoms with van der Waals surface area (Å²) in [6, 6.07) is 4.96. The first kappa shape index (κ1) is 16.1. The minimum atomic E-state index is -0.772. The molecule has 0 spiro atoms. The van der Waals surface area contributed by atoms with Gasteiger partial charge < -0.3 is 5.11 Å². The van der Waals surface area contributed by atoms with Gasteiger partial charge in [-0.15, -0.1) is 0 Å². The van der Waals surface area contributed by atoms with Crippen molar-refractivity contribution in [1.82, 2.24) is 4.90 Å². The van der Waals surface area contributed by atoms with Crippen molar-refractivity contribution in [1.29, 1.82) is 0 Å². The fourth-order valence-corrected chi connectivity index (χ4v) is 2.30. The zero-order chi connectivity index (χ0) is 14.4. The van der Waals surface area contributed by atoms with Crippen LogP contribution in [0.2, 0.25) is 0 Å². The van der Waals surface area contributed by atoms with Gasteiger partial charge in [-0.05, 0) is 44.5 Å². The summed E-state index contributed by atoms with van der Waals surface area (Å²) < 4.78 is 13.8. The second kappa shape index (κ2) is 7.60. The Hall–Kier alpha value is -0.940. The molecule has 0 unspecified atom stereocenters. The molecule has 106 valence electrons. The number of carboxylic acids is 1. The van der Waals surface area contributed by atoms with E-state index >= 15 is 0 Å². The van der Waals surface area contributed by atoms with Crippen molar-refractivity contribution < 1.29 is 14.3 Å². The van der Waals surface area contributed by atoms with E-state index in [0.29, 0.717) is 25.6 Å². The van der Waals surface area contributed by atoms with Crippen LogP contribution in [-0.4, -0.2) is 28.6 Å². The van der Waals surface area contributed by atoms with Crippen LogP contribution in [0.25, 0.3) is 0 Å². The Morgan fingerprint density at radius 2 is 2.16 bits per heavy atom. The van der Waals surface area contributed by atoms with Gasteiger partial charge in [-0.25, -0.2) is 4.39 Å². The number of rotatable bonds is 7. The SMILES string of the molecule is CC(C)N(CCCC(=O)O)Cc1ccc(F)cc1Br. The molecule has 0 aliphatic carbocycles. The Labute approximate surface area is 121 Å². The van der Waals surface area contributed by atoms with Crippen LogP contribution in [0, 0.1) is 5.82 Å². The number of carbonyl (C=O) groups is 1. The second-order valence-corrected chi connectivity index (χ2v) is 5.65. The van der Waals surface area contributed by atoms with Crippen molar-refractivity contribution in [3.8, 4) is 0 Å². The van der Waals surface area contributed by atoms with E-state index in [2.05, 4.69) is 34.7 Å². The maximum Gasteiger partial charge on any atom is 0.303 e. The van der Waals surface area contributed by atoms with Crippen LogP contribution < -0.4 is 0 Å². The Morgan fingerprint density at radius 1 is 1.47 bits per heavy atom. The number of nitrogens with zero attached hydrogens (tertiary/aromatic N) is 1. The van der Waals surface area contributed by atoms with Gasteiger partial charge in [0.15, 0.2) is 0 Å². The predicted molar refractivity (Wildman–Crippen MR) is 76.5 cm³/mol. The van der Waals surface area contributed by atoms with Gasteiger partial charge in [0.25, 0.3) is 0 Å². The molecule has 0 atom stereocenters. The van der Waals surface area contributed by atoms with Gasteiger partial charge in [-0.1, -0.05) is 22.0 Å². The average molecular weight is 332 g/mol. The maximum absolute atomic E-state index is 13.0. The third-order valence-electron chi connectivity index (χ3n) is 2.95. The molecule has 1 aromatic carbocycles. The van der Waals surface area contributed by atoms with Crippen molar-refractivity contribution in [2.45, 2.75) is 39.3 Å². The van der Waals surface area contributed by atoms with Crippen molar-refractivity contribution in [3.63, 3.8) is 0 Å². The molecule has 1 N–H and O–H groups in total. The first-order valence-corrected chi connectivity index (χ1v) is 7.09. The lowest BCUT2D eigenvalue weighted by Gasteiger charge is -2.26. The quantitative estimate of drug-likeness (QED) is 0.828. The van der Waals surface area contributed by atoms with Gasteiger partial charge in [0.1, 0.15) is 5.82 Å². The monoisotopic (exact) mass is 331 g/mol. The van der Waals surface area contributed by atoms with E-state index in [1.54, 1.807) is 6.07 Å². The van der Waals surface area contributed by atoms with E-state index < -0.39 is 5.97 Å². The van der Waals surface area contributed by atoms with Crippen LogP contribution in [0.3, 0.4) is 0 Å². The molecular weight excluding hydrogens is 313 g/mol. The van der Waals surface area contributed by atoms with Crippen molar-refractivity contribution in [2.75, 3.05) is 6.54 Å². The Kier molecular flexibility index (Phi) is 6.45. The summed E-state index contributed by atoms with van der Waals surface area (Å²) in [7, 11) is 0. The fraction of sp³-hybridized carbons (Fsp3) is 0.500. The van der Waals surface area contributed by atoms with Gasteiger partial charge in [-0.2, -0.15) is 0 Å². The van der Waals surface area contributed by atoms with Gasteiger partial charge in [-0.3, -0.25) is 9.69 Å². The van der Waals surface area contributed by atoms with Crippen LogP contribution in [0.15, 0.2) is 22.7 Å². The topological polar surface area (TPSA) is 40.5 Å². The van der Waals surface area contributed by atoms with Crippen molar-refractivity contribution >= 4 is 21.9 Å². The number of carboxylic acid groups (broad SMARTS) is 1. The smallest absolute Gasteiger partial charge is 0.303 e. The Balaban J connectivity index is 2.64. The summed E-state index contributed by atoms with van der Waals surface area (Å²) in [5, 5.41) is 8.66. The standard InChI is InChI=1S/C14H19BrFNO2/c1-10(2)17(7-3-4-14(18)19)9-11-5-6-12(16)8-13(11)15/h5-6,8,10H,3-4,7,9H2,1-2H3,(H,18,19). The Bertz CT molecular complexity index is 437. The molecule has 0 amide bonds. The highest BCUT2D eigenvalue weighted by atomic mass is 79.9. The van der Waals surface area contributed by atoms with Crippen molar-refractivity contribution in [3.05, 3.63) is 34.1 Å². The van der Waals surface area contributed by atoms with E-state index in [4.69, 9.17) is 5.11 Å². The second-order valence-electron chi connectivity index (χ2n) is 4.80. The van der Waals surface area contributed by atoms with Crippen LogP contribution in [-0.2, 0) is 11.3 Å². The maximum atomic E-state index is 13.0. The highest BCUT2D eigenvalue weighted by Crippen LogP contribution is 2.20. The number of hydrogen-bond acceptors (Lipinski definition) is 2. The lowest BCUT2D eigenvalue weighted by atomic mass is 10.1. The number of halogens is 2. The minimum absolute atomic E-state index is 0.174.